The molecule has 0 saturated heterocycles. The maximum absolute atomic E-state index is 12.9. The predicted molar refractivity (Wildman–Crippen MR) is 108 cm³/mol. The lowest BCUT2D eigenvalue weighted by Crippen LogP contribution is -2.27. The highest BCUT2D eigenvalue weighted by Gasteiger charge is 2.21. The van der Waals surface area contributed by atoms with E-state index in [2.05, 4.69) is 9.82 Å². The molecule has 3 rings (SSSR count). The van der Waals surface area contributed by atoms with Crippen LogP contribution < -0.4 is 4.72 Å². The van der Waals surface area contributed by atoms with Crippen LogP contribution in [-0.4, -0.2) is 24.7 Å². The first-order chi connectivity index (χ1) is 12.8. The van der Waals surface area contributed by atoms with Crippen molar-refractivity contribution < 1.29 is 8.42 Å². The molecule has 0 fully saturated rings. The molecule has 0 spiro atoms. The van der Waals surface area contributed by atoms with E-state index in [-0.39, 0.29) is 0 Å². The summed E-state index contributed by atoms with van der Waals surface area (Å²) in [6.45, 7) is 7.94. The van der Waals surface area contributed by atoms with Gasteiger partial charge in [-0.05, 0) is 74.1 Å². The van der Waals surface area contributed by atoms with Gasteiger partial charge in [-0.2, -0.15) is 5.10 Å². The molecule has 0 bridgehead atoms. The van der Waals surface area contributed by atoms with Crippen molar-refractivity contribution in [3.8, 4) is 5.69 Å². The molecule has 0 aliphatic heterocycles. The maximum atomic E-state index is 12.9. The van der Waals surface area contributed by atoms with Gasteiger partial charge in [0.15, 0.2) is 0 Å². The number of aromatic nitrogens is 2. The van der Waals surface area contributed by atoms with E-state index in [1.807, 2.05) is 70.3 Å². The third kappa shape index (κ3) is 4.12. The predicted octanol–water partition coefficient (Wildman–Crippen LogP) is 3.63. The standard InChI is InChI=1S/C21H25N3O2S/c1-15-12-16(2)18(4)21(17(15)3)27(25,26)23-11-10-19-13-22-24(14-19)20-8-6-5-7-9-20/h5-9,12-14,23H,10-11H2,1-4H3. The van der Waals surface area contributed by atoms with Crippen molar-refractivity contribution in [2.75, 3.05) is 6.54 Å². The molecule has 1 heterocycles. The van der Waals surface area contributed by atoms with E-state index in [1.165, 1.54) is 0 Å². The van der Waals surface area contributed by atoms with Gasteiger partial charge in [0, 0.05) is 12.7 Å². The molecular weight excluding hydrogens is 358 g/mol. The molecule has 1 N–H and O–H groups in total. The molecule has 0 amide bonds. The summed E-state index contributed by atoms with van der Waals surface area (Å²) >= 11 is 0. The van der Waals surface area contributed by atoms with Crippen molar-refractivity contribution in [2.24, 2.45) is 0 Å². The van der Waals surface area contributed by atoms with Gasteiger partial charge in [-0.15, -0.1) is 0 Å². The molecule has 0 aliphatic rings. The average molecular weight is 384 g/mol. The van der Waals surface area contributed by atoms with Crippen molar-refractivity contribution in [1.29, 1.82) is 0 Å². The quantitative estimate of drug-likeness (QED) is 0.707. The van der Waals surface area contributed by atoms with E-state index >= 15 is 0 Å². The number of benzene rings is 2. The topological polar surface area (TPSA) is 64.0 Å². The largest absolute Gasteiger partial charge is 0.241 e. The van der Waals surface area contributed by atoms with Crippen LogP contribution in [-0.2, 0) is 16.4 Å². The lowest BCUT2D eigenvalue weighted by Gasteiger charge is -2.16. The van der Waals surface area contributed by atoms with Crippen LogP contribution in [0.1, 0.15) is 27.8 Å². The number of hydrogen-bond donors (Lipinski definition) is 1. The van der Waals surface area contributed by atoms with Gasteiger partial charge in [0.25, 0.3) is 0 Å². The highest BCUT2D eigenvalue weighted by atomic mass is 32.2. The fourth-order valence-corrected chi connectivity index (χ4v) is 4.84. The van der Waals surface area contributed by atoms with Crippen molar-refractivity contribution in [3.05, 3.63) is 76.6 Å². The van der Waals surface area contributed by atoms with Gasteiger partial charge in [-0.1, -0.05) is 24.3 Å². The zero-order chi connectivity index (χ0) is 19.6. The molecule has 5 nitrogen and oxygen atoms in total. The highest BCUT2D eigenvalue weighted by molar-refractivity contribution is 7.89. The van der Waals surface area contributed by atoms with E-state index in [1.54, 1.807) is 10.9 Å². The number of rotatable bonds is 6. The molecule has 3 aromatic rings. The van der Waals surface area contributed by atoms with Gasteiger partial charge in [-0.3, -0.25) is 0 Å². The zero-order valence-electron chi connectivity index (χ0n) is 16.2. The number of sulfonamides is 1. The Hall–Kier alpha value is -2.44. The first kappa shape index (κ1) is 19.3. The fourth-order valence-electron chi connectivity index (χ4n) is 3.20. The van der Waals surface area contributed by atoms with Crippen LogP contribution in [0.25, 0.3) is 5.69 Å². The molecule has 6 heteroatoms. The Balaban J connectivity index is 1.72. The van der Waals surface area contributed by atoms with Gasteiger partial charge in [-0.25, -0.2) is 17.8 Å². The highest BCUT2D eigenvalue weighted by Crippen LogP contribution is 2.25. The Bertz CT molecular complexity index is 1030. The van der Waals surface area contributed by atoms with Crippen molar-refractivity contribution in [2.45, 2.75) is 39.0 Å². The summed E-state index contributed by atoms with van der Waals surface area (Å²) < 4.78 is 30.3. The Morgan fingerprint density at radius 2 is 1.63 bits per heavy atom. The van der Waals surface area contributed by atoms with Crippen LogP contribution >= 0.6 is 0 Å². The second-order valence-corrected chi connectivity index (χ2v) is 8.57. The Labute approximate surface area is 161 Å². The van der Waals surface area contributed by atoms with Gasteiger partial charge in [0.1, 0.15) is 0 Å². The smallest absolute Gasteiger partial charge is 0.241 e. The summed E-state index contributed by atoms with van der Waals surface area (Å²) in [7, 11) is -3.56. The van der Waals surface area contributed by atoms with Crippen molar-refractivity contribution in [1.82, 2.24) is 14.5 Å². The molecule has 27 heavy (non-hydrogen) atoms. The molecule has 0 aliphatic carbocycles. The summed E-state index contributed by atoms with van der Waals surface area (Å²) in [5.74, 6) is 0. The number of hydrogen-bond acceptors (Lipinski definition) is 3. The van der Waals surface area contributed by atoms with Crippen LogP contribution in [0.3, 0.4) is 0 Å². The minimum atomic E-state index is -3.56. The van der Waals surface area contributed by atoms with Crippen LogP contribution in [0.4, 0.5) is 0 Å². The molecule has 0 atom stereocenters. The number of nitrogens with one attached hydrogen (secondary N) is 1. The number of aryl methyl sites for hydroxylation is 2. The van der Waals surface area contributed by atoms with Crippen LogP contribution in [0.15, 0.2) is 53.7 Å². The summed E-state index contributed by atoms with van der Waals surface area (Å²) in [6, 6.07) is 11.9. The minimum Gasteiger partial charge on any atom is -0.241 e. The summed E-state index contributed by atoms with van der Waals surface area (Å²) in [6.07, 6.45) is 4.28. The second kappa shape index (κ2) is 7.66. The first-order valence-corrected chi connectivity index (χ1v) is 10.4. The molecule has 0 radical (unpaired) electrons. The van der Waals surface area contributed by atoms with Gasteiger partial charge in [0.2, 0.25) is 10.0 Å². The molecule has 1 aromatic heterocycles. The summed E-state index contributed by atoms with van der Waals surface area (Å²) in [5.41, 5.74) is 5.55. The lowest BCUT2D eigenvalue weighted by atomic mass is 10.0. The number of para-hydroxylation sites is 1. The van der Waals surface area contributed by atoms with Gasteiger partial charge in [0.05, 0.1) is 16.8 Å². The van der Waals surface area contributed by atoms with Crippen molar-refractivity contribution >= 4 is 10.0 Å². The molecular formula is C21H25N3O2S. The van der Waals surface area contributed by atoms with E-state index in [4.69, 9.17) is 0 Å². The fraction of sp³-hybridized carbons (Fsp3) is 0.286. The molecule has 2 aromatic carbocycles. The monoisotopic (exact) mass is 383 g/mol. The lowest BCUT2D eigenvalue weighted by molar-refractivity contribution is 0.580. The van der Waals surface area contributed by atoms with E-state index < -0.39 is 10.0 Å². The third-order valence-corrected chi connectivity index (χ3v) is 6.66. The third-order valence-electron chi connectivity index (χ3n) is 4.93. The molecule has 0 saturated carbocycles. The average Bonchev–Trinajstić information content (AvgIpc) is 3.09. The SMILES string of the molecule is Cc1cc(C)c(C)c(S(=O)(=O)NCCc2cnn(-c3ccccc3)c2)c1C. The number of nitrogens with zero attached hydrogens (tertiary/aromatic N) is 2. The van der Waals surface area contributed by atoms with Crippen LogP contribution in [0.5, 0.6) is 0 Å². The normalized spacial score (nSPS) is 11.7. The van der Waals surface area contributed by atoms with Gasteiger partial charge < -0.3 is 0 Å². The molecule has 142 valence electrons. The first-order valence-electron chi connectivity index (χ1n) is 8.95. The Kier molecular flexibility index (Phi) is 5.48. The van der Waals surface area contributed by atoms with E-state index in [9.17, 15) is 8.42 Å². The zero-order valence-corrected chi connectivity index (χ0v) is 17.0. The summed E-state index contributed by atoms with van der Waals surface area (Å²) in [5, 5.41) is 4.35. The van der Waals surface area contributed by atoms with E-state index in [0.717, 1.165) is 33.5 Å². The van der Waals surface area contributed by atoms with Crippen molar-refractivity contribution in [3.63, 3.8) is 0 Å². The van der Waals surface area contributed by atoms with E-state index in [0.29, 0.717) is 17.9 Å². The van der Waals surface area contributed by atoms with Crippen LogP contribution in [0.2, 0.25) is 0 Å². The second-order valence-electron chi connectivity index (χ2n) is 6.87. The summed E-state index contributed by atoms with van der Waals surface area (Å²) in [4.78, 5) is 0.403. The minimum absolute atomic E-state index is 0.328. The Morgan fingerprint density at radius 3 is 2.26 bits per heavy atom. The molecule has 0 unspecified atom stereocenters. The van der Waals surface area contributed by atoms with Gasteiger partial charge >= 0.3 is 0 Å². The Morgan fingerprint density at radius 1 is 1.00 bits per heavy atom. The maximum Gasteiger partial charge on any atom is 0.241 e. The van der Waals surface area contributed by atoms with Crippen LogP contribution in [0, 0.1) is 27.7 Å².